The van der Waals surface area contributed by atoms with Crippen molar-refractivity contribution in [3.8, 4) is 5.75 Å². The van der Waals surface area contributed by atoms with Crippen LogP contribution in [0.3, 0.4) is 0 Å². The number of nitrogens with one attached hydrogen (secondary N) is 2. The van der Waals surface area contributed by atoms with Crippen molar-refractivity contribution in [1.29, 1.82) is 0 Å². The van der Waals surface area contributed by atoms with Crippen molar-refractivity contribution in [1.82, 2.24) is 15.6 Å². The van der Waals surface area contributed by atoms with Gasteiger partial charge in [0, 0.05) is 38.4 Å². The lowest BCUT2D eigenvalue weighted by molar-refractivity contribution is 0.0818. The summed E-state index contributed by atoms with van der Waals surface area (Å²) in [4.78, 5) is 8.43. The molecule has 5 nitrogen and oxygen atoms in total. The Labute approximate surface area is 146 Å². The van der Waals surface area contributed by atoms with Crippen LogP contribution in [0.5, 0.6) is 5.75 Å². The highest BCUT2D eigenvalue weighted by Crippen LogP contribution is 2.14. The molecule has 134 valence electrons. The fourth-order valence-electron chi connectivity index (χ4n) is 2.17. The summed E-state index contributed by atoms with van der Waals surface area (Å²) in [5.74, 6) is 1.09. The number of pyridine rings is 1. The van der Waals surface area contributed by atoms with Gasteiger partial charge in [0.05, 0.1) is 0 Å². The maximum atomic E-state index is 12.2. The van der Waals surface area contributed by atoms with Crippen molar-refractivity contribution < 1.29 is 13.5 Å². The summed E-state index contributed by atoms with van der Waals surface area (Å²) >= 11 is 0. The smallest absolute Gasteiger partial charge is 0.272 e. The second kappa shape index (κ2) is 10.2. The molecule has 0 aliphatic heterocycles. The standard InChI is InChI=1S/C18H22F2N4O/c1-21-18(23-10-8-15-6-2-3-9-22-15)24-12-14-5-4-7-16(11-14)25-13-17(19)20/h2-7,9,11,17H,8,10,12-13H2,1H3,(H2,21,23,24). The summed E-state index contributed by atoms with van der Waals surface area (Å²) in [7, 11) is 1.69. The van der Waals surface area contributed by atoms with Crippen molar-refractivity contribution in [2.24, 2.45) is 4.99 Å². The van der Waals surface area contributed by atoms with Gasteiger partial charge in [-0.3, -0.25) is 9.98 Å². The van der Waals surface area contributed by atoms with Gasteiger partial charge in [-0.15, -0.1) is 0 Å². The molecule has 1 aromatic heterocycles. The zero-order chi connectivity index (χ0) is 17.9. The summed E-state index contributed by atoms with van der Waals surface area (Å²) < 4.78 is 29.4. The van der Waals surface area contributed by atoms with E-state index in [1.54, 1.807) is 31.4 Å². The number of aromatic nitrogens is 1. The summed E-state index contributed by atoms with van der Waals surface area (Å²) in [6.45, 7) is 0.608. The molecule has 0 fully saturated rings. The second-order valence-corrected chi connectivity index (χ2v) is 5.27. The van der Waals surface area contributed by atoms with Gasteiger partial charge in [-0.25, -0.2) is 8.78 Å². The van der Waals surface area contributed by atoms with E-state index in [2.05, 4.69) is 20.6 Å². The molecule has 1 aromatic carbocycles. The number of hydrogen-bond acceptors (Lipinski definition) is 3. The van der Waals surface area contributed by atoms with Crippen LogP contribution in [0.15, 0.2) is 53.7 Å². The number of nitrogens with zero attached hydrogens (tertiary/aromatic N) is 2. The highest BCUT2D eigenvalue weighted by Gasteiger charge is 2.04. The lowest BCUT2D eigenvalue weighted by atomic mass is 10.2. The van der Waals surface area contributed by atoms with Gasteiger partial charge in [-0.05, 0) is 29.8 Å². The first-order valence-corrected chi connectivity index (χ1v) is 8.01. The number of hydrogen-bond donors (Lipinski definition) is 2. The summed E-state index contributed by atoms with van der Waals surface area (Å²) in [6.07, 6.45) is 0.0770. The van der Waals surface area contributed by atoms with Gasteiger partial charge < -0.3 is 15.4 Å². The lowest BCUT2D eigenvalue weighted by Gasteiger charge is -2.12. The summed E-state index contributed by atoms with van der Waals surface area (Å²) in [5, 5.41) is 6.39. The average molecular weight is 348 g/mol. The first-order chi connectivity index (χ1) is 12.2. The van der Waals surface area contributed by atoms with Crippen LogP contribution < -0.4 is 15.4 Å². The van der Waals surface area contributed by atoms with Crippen molar-refractivity contribution in [2.75, 3.05) is 20.2 Å². The SMILES string of the molecule is CN=C(NCCc1ccccn1)NCc1cccc(OCC(F)F)c1. The third-order valence-electron chi connectivity index (χ3n) is 3.36. The third-order valence-corrected chi connectivity index (χ3v) is 3.36. The van der Waals surface area contributed by atoms with Gasteiger partial charge in [0.15, 0.2) is 5.96 Å². The predicted octanol–water partition coefficient (Wildman–Crippen LogP) is 2.63. The minimum Gasteiger partial charge on any atom is -0.488 e. The molecule has 0 atom stereocenters. The minimum atomic E-state index is -2.48. The first kappa shape index (κ1) is 18.6. The first-order valence-electron chi connectivity index (χ1n) is 8.01. The maximum Gasteiger partial charge on any atom is 0.272 e. The largest absolute Gasteiger partial charge is 0.488 e. The Morgan fingerprint density at radius 2 is 2.08 bits per heavy atom. The Balaban J connectivity index is 1.77. The van der Waals surface area contributed by atoms with E-state index < -0.39 is 13.0 Å². The van der Waals surface area contributed by atoms with Crippen LogP contribution in [-0.2, 0) is 13.0 Å². The number of ether oxygens (including phenoxy) is 1. The Kier molecular flexibility index (Phi) is 7.62. The number of guanidine groups is 1. The highest BCUT2D eigenvalue weighted by atomic mass is 19.3. The van der Waals surface area contributed by atoms with Gasteiger partial charge >= 0.3 is 0 Å². The number of benzene rings is 1. The molecule has 0 aliphatic carbocycles. The molecule has 0 radical (unpaired) electrons. The van der Waals surface area contributed by atoms with E-state index in [9.17, 15) is 8.78 Å². The number of aliphatic imine (C=N–C) groups is 1. The molecule has 0 saturated heterocycles. The normalized spacial score (nSPS) is 11.4. The molecule has 2 N–H and O–H groups in total. The Morgan fingerprint density at radius 1 is 1.20 bits per heavy atom. The van der Waals surface area contributed by atoms with Gasteiger partial charge in [-0.1, -0.05) is 18.2 Å². The fraction of sp³-hybridized carbons (Fsp3) is 0.333. The average Bonchev–Trinajstić information content (AvgIpc) is 2.64. The molecule has 0 unspecified atom stereocenters. The molecule has 25 heavy (non-hydrogen) atoms. The van der Waals surface area contributed by atoms with E-state index >= 15 is 0 Å². The molecular weight excluding hydrogens is 326 g/mol. The quantitative estimate of drug-likeness (QED) is 0.569. The van der Waals surface area contributed by atoms with Crippen LogP contribution in [0.2, 0.25) is 0 Å². The van der Waals surface area contributed by atoms with Crippen molar-refractivity contribution in [3.63, 3.8) is 0 Å². The van der Waals surface area contributed by atoms with Gasteiger partial charge in [0.25, 0.3) is 6.43 Å². The summed E-state index contributed by atoms with van der Waals surface area (Å²) in [6, 6.07) is 12.9. The van der Waals surface area contributed by atoms with E-state index in [0.29, 0.717) is 24.8 Å². The predicted molar refractivity (Wildman–Crippen MR) is 94.1 cm³/mol. The number of alkyl halides is 2. The Bertz CT molecular complexity index is 665. The molecule has 0 amide bonds. The van der Waals surface area contributed by atoms with Crippen LogP contribution in [0.1, 0.15) is 11.3 Å². The van der Waals surface area contributed by atoms with E-state index in [4.69, 9.17) is 4.74 Å². The number of rotatable bonds is 8. The zero-order valence-corrected chi connectivity index (χ0v) is 14.1. The van der Waals surface area contributed by atoms with Gasteiger partial charge in [0.2, 0.25) is 0 Å². The zero-order valence-electron chi connectivity index (χ0n) is 14.1. The summed E-state index contributed by atoms with van der Waals surface area (Å²) in [5.41, 5.74) is 1.92. The minimum absolute atomic E-state index is 0.428. The van der Waals surface area contributed by atoms with Gasteiger partial charge in [-0.2, -0.15) is 0 Å². The number of halogens is 2. The Hall–Kier alpha value is -2.70. The van der Waals surface area contributed by atoms with Gasteiger partial charge in [0.1, 0.15) is 12.4 Å². The van der Waals surface area contributed by atoms with Crippen molar-refractivity contribution in [3.05, 3.63) is 59.9 Å². The monoisotopic (exact) mass is 348 g/mol. The van der Waals surface area contributed by atoms with Crippen molar-refractivity contribution >= 4 is 5.96 Å². The van der Waals surface area contributed by atoms with E-state index in [0.717, 1.165) is 17.7 Å². The van der Waals surface area contributed by atoms with E-state index in [1.165, 1.54) is 0 Å². The van der Waals surface area contributed by atoms with Crippen LogP contribution in [0.25, 0.3) is 0 Å². The highest BCUT2D eigenvalue weighted by molar-refractivity contribution is 5.79. The van der Waals surface area contributed by atoms with Crippen LogP contribution in [0, 0.1) is 0 Å². The van der Waals surface area contributed by atoms with E-state index in [-0.39, 0.29) is 0 Å². The van der Waals surface area contributed by atoms with E-state index in [1.807, 2.05) is 24.3 Å². The molecule has 1 heterocycles. The van der Waals surface area contributed by atoms with Crippen LogP contribution in [0.4, 0.5) is 8.78 Å². The lowest BCUT2D eigenvalue weighted by Crippen LogP contribution is -2.37. The fourth-order valence-corrected chi connectivity index (χ4v) is 2.17. The molecule has 2 aromatic rings. The molecule has 0 saturated carbocycles. The molecular formula is C18H22F2N4O. The van der Waals surface area contributed by atoms with Crippen molar-refractivity contribution in [2.45, 2.75) is 19.4 Å². The second-order valence-electron chi connectivity index (χ2n) is 5.27. The topological polar surface area (TPSA) is 58.5 Å². The molecule has 7 heteroatoms. The molecule has 2 rings (SSSR count). The third kappa shape index (κ3) is 7.15. The molecule has 0 bridgehead atoms. The Morgan fingerprint density at radius 3 is 2.80 bits per heavy atom. The maximum absolute atomic E-state index is 12.2. The molecule has 0 aliphatic rings. The van der Waals surface area contributed by atoms with Crippen LogP contribution >= 0.6 is 0 Å². The van der Waals surface area contributed by atoms with Crippen LogP contribution in [-0.4, -0.2) is 37.6 Å². The molecule has 0 spiro atoms.